The number of imidazole rings is 1. The van der Waals surface area contributed by atoms with Crippen molar-refractivity contribution in [3.05, 3.63) is 47.4 Å². The van der Waals surface area contributed by atoms with E-state index in [0.717, 1.165) is 29.9 Å². The molecule has 0 unspecified atom stereocenters. The summed E-state index contributed by atoms with van der Waals surface area (Å²) in [5, 5.41) is 0. The van der Waals surface area contributed by atoms with Crippen LogP contribution in [0.1, 0.15) is 27.4 Å². The molecule has 24 heavy (non-hydrogen) atoms. The van der Waals surface area contributed by atoms with Gasteiger partial charge in [-0.3, -0.25) is 4.40 Å². The van der Waals surface area contributed by atoms with Crippen molar-refractivity contribution in [2.75, 3.05) is 18.6 Å². The van der Waals surface area contributed by atoms with Gasteiger partial charge >= 0.3 is 5.97 Å². The summed E-state index contributed by atoms with van der Waals surface area (Å²) >= 11 is 0. The van der Waals surface area contributed by atoms with Crippen molar-refractivity contribution in [1.29, 1.82) is 0 Å². The zero-order chi connectivity index (χ0) is 16.7. The number of ether oxygens (including phenoxy) is 1. The average molecular weight is 324 g/mol. The Hall–Kier alpha value is -3.03. The van der Waals surface area contributed by atoms with E-state index in [1.54, 1.807) is 18.6 Å². The summed E-state index contributed by atoms with van der Waals surface area (Å²) in [7, 11) is 1.34. The number of esters is 1. The van der Waals surface area contributed by atoms with Crippen LogP contribution in [0.25, 0.3) is 5.65 Å². The first-order valence-electron chi connectivity index (χ1n) is 7.64. The lowest BCUT2D eigenvalue weighted by atomic mass is 10.0. The number of hydrogen-bond acceptors (Lipinski definition) is 7. The number of aryl methyl sites for hydroxylation is 1. The van der Waals surface area contributed by atoms with Crippen molar-refractivity contribution >= 4 is 17.6 Å². The lowest BCUT2D eigenvalue weighted by molar-refractivity contribution is 0.0594. The molecule has 4 heterocycles. The number of rotatable bonds is 2. The second-order valence-electron chi connectivity index (χ2n) is 5.64. The third kappa shape index (κ3) is 2.27. The van der Waals surface area contributed by atoms with Gasteiger partial charge in [0.05, 0.1) is 12.8 Å². The molecule has 0 aromatic carbocycles. The van der Waals surface area contributed by atoms with E-state index in [9.17, 15) is 4.79 Å². The summed E-state index contributed by atoms with van der Waals surface area (Å²) in [5.74, 6) is 0.193. The van der Waals surface area contributed by atoms with Crippen molar-refractivity contribution < 1.29 is 9.53 Å². The van der Waals surface area contributed by atoms with Gasteiger partial charge in [0.2, 0.25) is 5.95 Å². The minimum atomic E-state index is -0.473. The first-order chi connectivity index (χ1) is 11.7. The molecule has 0 saturated carbocycles. The summed E-state index contributed by atoms with van der Waals surface area (Å²) in [6.45, 7) is 3.39. The first-order valence-corrected chi connectivity index (χ1v) is 7.64. The predicted molar refractivity (Wildman–Crippen MR) is 85.8 cm³/mol. The number of nitrogens with zero attached hydrogens (tertiary/aromatic N) is 6. The molecule has 0 spiro atoms. The monoisotopic (exact) mass is 324 g/mol. The van der Waals surface area contributed by atoms with Crippen molar-refractivity contribution in [2.45, 2.75) is 19.9 Å². The van der Waals surface area contributed by atoms with Gasteiger partial charge in [0.1, 0.15) is 12.0 Å². The number of methoxy groups -OCH3 is 1. The van der Waals surface area contributed by atoms with E-state index in [1.165, 1.54) is 7.11 Å². The Morgan fingerprint density at radius 3 is 3.00 bits per heavy atom. The maximum absolute atomic E-state index is 11.9. The molecule has 1 aliphatic heterocycles. The smallest absolute Gasteiger partial charge is 0.356 e. The normalized spacial score (nSPS) is 13.8. The van der Waals surface area contributed by atoms with Crippen LogP contribution in [-0.2, 0) is 17.7 Å². The minimum Gasteiger partial charge on any atom is -0.464 e. The Bertz CT molecular complexity index is 935. The number of carbonyl (C=O) groups excluding carboxylic acids is 1. The highest BCUT2D eigenvalue weighted by Gasteiger charge is 2.24. The molecule has 0 amide bonds. The largest absolute Gasteiger partial charge is 0.464 e. The van der Waals surface area contributed by atoms with Crippen LogP contribution in [0, 0.1) is 6.92 Å². The molecular formula is C16H16N6O2. The van der Waals surface area contributed by atoms with Gasteiger partial charge in [-0.2, -0.15) is 0 Å². The van der Waals surface area contributed by atoms with Crippen LogP contribution in [0.5, 0.6) is 0 Å². The van der Waals surface area contributed by atoms with E-state index in [0.29, 0.717) is 18.1 Å². The molecule has 0 bridgehead atoms. The first kappa shape index (κ1) is 14.6. The topological polar surface area (TPSA) is 85.5 Å². The highest BCUT2D eigenvalue weighted by molar-refractivity contribution is 5.88. The van der Waals surface area contributed by atoms with E-state index in [1.807, 2.05) is 17.5 Å². The zero-order valence-corrected chi connectivity index (χ0v) is 13.4. The molecule has 3 aromatic heterocycles. The molecule has 1 aliphatic rings. The number of hydrogen-bond donors (Lipinski definition) is 0. The Balaban J connectivity index is 1.80. The Labute approximate surface area is 138 Å². The Morgan fingerprint density at radius 2 is 2.17 bits per heavy atom. The third-order valence-corrected chi connectivity index (χ3v) is 4.27. The number of anilines is 1. The lowest BCUT2D eigenvalue weighted by Crippen LogP contribution is -2.34. The van der Waals surface area contributed by atoms with Gasteiger partial charge in [-0.15, -0.1) is 0 Å². The van der Waals surface area contributed by atoms with Gasteiger partial charge in [0.25, 0.3) is 0 Å². The van der Waals surface area contributed by atoms with Gasteiger partial charge in [-0.1, -0.05) is 0 Å². The Kier molecular flexibility index (Phi) is 3.37. The van der Waals surface area contributed by atoms with E-state index >= 15 is 0 Å². The number of aromatic nitrogens is 5. The maximum atomic E-state index is 11.9. The summed E-state index contributed by atoms with van der Waals surface area (Å²) in [4.78, 5) is 31.4. The van der Waals surface area contributed by atoms with Crippen molar-refractivity contribution in [1.82, 2.24) is 24.3 Å². The van der Waals surface area contributed by atoms with Crippen LogP contribution in [0.15, 0.2) is 24.8 Å². The molecule has 0 radical (unpaired) electrons. The van der Waals surface area contributed by atoms with E-state index < -0.39 is 5.97 Å². The van der Waals surface area contributed by atoms with Gasteiger partial charge in [0.15, 0.2) is 5.69 Å². The lowest BCUT2D eigenvalue weighted by Gasteiger charge is -2.30. The Morgan fingerprint density at radius 1 is 1.29 bits per heavy atom. The van der Waals surface area contributed by atoms with Gasteiger partial charge < -0.3 is 9.64 Å². The van der Waals surface area contributed by atoms with E-state index in [4.69, 9.17) is 4.74 Å². The fourth-order valence-corrected chi connectivity index (χ4v) is 2.99. The van der Waals surface area contributed by atoms with Crippen LogP contribution < -0.4 is 4.90 Å². The molecule has 0 aliphatic carbocycles. The number of fused-ring (bicyclic) bond motifs is 2. The van der Waals surface area contributed by atoms with Crippen LogP contribution in [0.4, 0.5) is 5.95 Å². The number of carbonyl (C=O) groups is 1. The summed E-state index contributed by atoms with van der Waals surface area (Å²) < 4.78 is 6.67. The second kappa shape index (κ2) is 5.55. The average Bonchev–Trinajstić information content (AvgIpc) is 3.09. The molecule has 0 saturated heterocycles. The van der Waals surface area contributed by atoms with E-state index in [2.05, 4.69) is 24.8 Å². The molecule has 0 N–H and O–H groups in total. The molecule has 8 heteroatoms. The van der Waals surface area contributed by atoms with Gasteiger partial charge in [0, 0.05) is 49.2 Å². The van der Waals surface area contributed by atoms with Gasteiger partial charge in [-0.25, -0.2) is 24.7 Å². The summed E-state index contributed by atoms with van der Waals surface area (Å²) in [5.41, 5.74) is 4.06. The van der Waals surface area contributed by atoms with Crippen LogP contribution in [-0.4, -0.2) is 44.0 Å². The molecule has 3 aromatic rings. The molecule has 4 rings (SSSR count). The van der Waals surface area contributed by atoms with Crippen molar-refractivity contribution in [3.8, 4) is 0 Å². The minimum absolute atomic E-state index is 0.248. The molecule has 0 fully saturated rings. The second-order valence-corrected chi connectivity index (χ2v) is 5.64. The van der Waals surface area contributed by atoms with Crippen LogP contribution in [0.3, 0.4) is 0 Å². The van der Waals surface area contributed by atoms with Crippen molar-refractivity contribution in [3.63, 3.8) is 0 Å². The SMILES string of the molecule is COC(=O)c1cc2nccn2c(N2CCc3ncnc(C)c3C2)n1. The van der Waals surface area contributed by atoms with Crippen molar-refractivity contribution in [2.24, 2.45) is 0 Å². The standard InChI is InChI=1S/C16H16N6O2/c1-10-11-8-21(5-3-12(11)19-9-18-10)16-20-13(15(23)24-2)7-14-17-4-6-22(14)16/h4,6-7,9H,3,5,8H2,1-2H3. The van der Waals surface area contributed by atoms with Gasteiger partial charge in [-0.05, 0) is 6.92 Å². The molecule has 0 atom stereocenters. The highest BCUT2D eigenvalue weighted by atomic mass is 16.5. The van der Waals surface area contributed by atoms with Crippen LogP contribution in [0.2, 0.25) is 0 Å². The maximum Gasteiger partial charge on any atom is 0.356 e. The fraction of sp³-hybridized carbons (Fsp3) is 0.312. The third-order valence-electron chi connectivity index (χ3n) is 4.27. The predicted octanol–water partition coefficient (Wildman–Crippen LogP) is 1.18. The molecule has 8 nitrogen and oxygen atoms in total. The zero-order valence-electron chi connectivity index (χ0n) is 13.4. The quantitative estimate of drug-likeness (QED) is 0.654. The highest BCUT2D eigenvalue weighted by Crippen LogP contribution is 2.24. The summed E-state index contributed by atoms with van der Waals surface area (Å²) in [6, 6.07) is 1.63. The summed E-state index contributed by atoms with van der Waals surface area (Å²) in [6.07, 6.45) is 5.93. The van der Waals surface area contributed by atoms with Crippen LogP contribution >= 0.6 is 0 Å². The molecular weight excluding hydrogens is 308 g/mol. The fourth-order valence-electron chi connectivity index (χ4n) is 2.99. The molecule has 122 valence electrons. The van der Waals surface area contributed by atoms with E-state index in [-0.39, 0.29) is 5.69 Å².